The summed E-state index contributed by atoms with van der Waals surface area (Å²) in [5.41, 5.74) is 7.14. The molecule has 2 N–H and O–H groups in total. The van der Waals surface area contributed by atoms with E-state index in [-0.39, 0.29) is 11.6 Å². The Hall–Kier alpha value is -0.780. The van der Waals surface area contributed by atoms with E-state index in [4.69, 9.17) is 5.73 Å². The molecule has 0 aliphatic rings. The van der Waals surface area contributed by atoms with Gasteiger partial charge in [0.05, 0.1) is 0 Å². The van der Waals surface area contributed by atoms with E-state index in [1.165, 1.54) is 18.2 Å². The second-order valence-corrected chi connectivity index (χ2v) is 5.99. The fourth-order valence-corrected chi connectivity index (χ4v) is 3.10. The molecule has 0 bridgehead atoms. The molecule has 0 aliphatic carbocycles. The molecule has 2 aromatic carbocycles. The molecule has 1 unspecified atom stereocenters. The fraction of sp³-hybridized carbons (Fsp3) is 0.143. The molecule has 0 aliphatic heterocycles. The molecule has 0 saturated heterocycles. The highest BCUT2D eigenvalue weighted by Crippen LogP contribution is 2.28. The molecule has 2 rings (SSSR count). The molecule has 1 atom stereocenters. The van der Waals surface area contributed by atoms with Crippen LogP contribution in [0.3, 0.4) is 0 Å². The number of hydrogen-bond donors (Lipinski definition) is 1. The standard InChI is InChI=1S/C14H11Br2F2N/c15-9-4-8(5-10(17)7-9)6-13(19)14-11(16)2-1-3-12(14)18/h1-5,7,13H,6,19H2. The van der Waals surface area contributed by atoms with Crippen LogP contribution in [0.4, 0.5) is 8.78 Å². The van der Waals surface area contributed by atoms with Gasteiger partial charge in [-0.15, -0.1) is 0 Å². The van der Waals surface area contributed by atoms with Crippen molar-refractivity contribution in [1.29, 1.82) is 0 Å². The lowest BCUT2D eigenvalue weighted by Gasteiger charge is -2.15. The van der Waals surface area contributed by atoms with Gasteiger partial charge < -0.3 is 5.73 Å². The van der Waals surface area contributed by atoms with Crippen LogP contribution in [0.1, 0.15) is 17.2 Å². The maximum Gasteiger partial charge on any atom is 0.129 e. The molecule has 1 nitrogen and oxygen atoms in total. The second-order valence-electron chi connectivity index (χ2n) is 4.22. The van der Waals surface area contributed by atoms with Gasteiger partial charge in [-0.25, -0.2) is 8.78 Å². The highest BCUT2D eigenvalue weighted by Gasteiger charge is 2.16. The van der Waals surface area contributed by atoms with E-state index in [9.17, 15) is 8.78 Å². The van der Waals surface area contributed by atoms with Gasteiger partial charge in [-0.1, -0.05) is 37.9 Å². The van der Waals surface area contributed by atoms with E-state index < -0.39 is 6.04 Å². The Bertz CT molecular complexity index is 561. The predicted octanol–water partition coefficient (Wildman–Crippen LogP) is 4.73. The van der Waals surface area contributed by atoms with E-state index in [1.54, 1.807) is 18.2 Å². The van der Waals surface area contributed by atoms with Crippen LogP contribution in [0.2, 0.25) is 0 Å². The van der Waals surface area contributed by atoms with Gasteiger partial charge in [-0.3, -0.25) is 0 Å². The van der Waals surface area contributed by atoms with E-state index in [0.29, 0.717) is 20.9 Å². The number of nitrogens with two attached hydrogens (primary N) is 1. The Morgan fingerprint density at radius 2 is 1.84 bits per heavy atom. The average Bonchev–Trinajstić information content (AvgIpc) is 2.26. The van der Waals surface area contributed by atoms with Crippen molar-refractivity contribution in [2.45, 2.75) is 12.5 Å². The third-order valence-corrected chi connectivity index (χ3v) is 3.90. The molecule has 5 heteroatoms. The summed E-state index contributed by atoms with van der Waals surface area (Å²) in [6.45, 7) is 0. The minimum absolute atomic E-state index is 0.343. The maximum atomic E-state index is 13.8. The largest absolute Gasteiger partial charge is 0.324 e. The van der Waals surface area contributed by atoms with Gasteiger partial charge in [0, 0.05) is 20.6 Å². The van der Waals surface area contributed by atoms with Crippen molar-refractivity contribution in [2.24, 2.45) is 5.73 Å². The summed E-state index contributed by atoms with van der Waals surface area (Å²) in [5.74, 6) is -0.707. The maximum absolute atomic E-state index is 13.8. The van der Waals surface area contributed by atoms with Crippen LogP contribution in [0.25, 0.3) is 0 Å². The number of hydrogen-bond acceptors (Lipinski definition) is 1. The first kappa shape index (κ1) is 14.6. The SMILES string of the molecule is NC(Cc1cc(F)cc(Br)c1)c1c(F)cccc1Br. The minimum atomic E-state index is -0.538. The van der Waals surface area contributed by atoms with Gasteiger partial charge >= 0.3 is 0 Å². The zero-order chi connectivity index (χ0) is 14.0. The Balaban J connectivity index is 2.28. The van der Waals surface area contributed by atoms with E-state index >= 15 is 0 Å². The van der Waals surface area contributed by atoms with Crippen LogP contribution in [0.15, 0.2) is 45.3 Å². The lowest BCUT2D eigenvalue weighted by atomic mass is 9.99. The fourth-order valence-electron chi connectivity index (χ4n) is 1.95. The van der Waals surface area contributed by atoms with Gasteiger partial charge in [-0.2, -0.15) is 0 Å². The van der Waals surface area contributed by atoms with Crippen molar-refractivity contribution in [3.63, 3.8) is 0 Å². The van der Waals surface area contributed by atoms with Crippen LogP contribution >= 0.6 is 31.9 Å². The van der Waals surface area contributed by atoms with Crippen LogP contribution in [0.5, 0.6) is 0 Å². The summed E-state index contributed by atoms with van der Waals surface area (Å²) in [5, 5.41) is 0. The molecule has 0 heterocycles. The smallest absolute Gasteiger partial charge is 0.129 e. The first-order valence-electron chi connectivity index (χ1n) is 5.62. The van der Waals surface area contributed by atoms with Crippen LogP contribution in [-0.4, -0.2) is 0 Å². The number of benzene rings is 2. The molecule has 0 spiro atoms. The first-order chi connectivity index (χ1) is 8.97. The highest BCUT2D eigenvalue weighted by molar-refractivity contribution is 9.10. The predicted molar refractivity (Wildman–Crippen MR) is 78.8 cm³/mol. The van der Waals surface area contributed by atoms with Gasteiger partial charge in [0.25, 0.3) is 0 Å². The van der Waals surface area contributed by atoms with E-state index in [2.05, 4.69) is 31.9 Å². The van der Waals surface area contributed by atoms with Crippen LogP contribution in [0, 0.1) is 11.6 Å². The van der Waals surface area contributed by atoms with Crippen molar-refractivity contribution in [2.75, 3.05) is 0 Å². The molecule has 19 heavy (non-hydrogen) atoms. The molecular formula is C14H11Br2F2N. The summed E-state index contributed by atoms with van der Waals surface area (Å²) in [4.78, 5) is 0. The summed E-state index contributed by atoms with van der Waals surface area (Å²) in [6, 6.07) is 8.71. The molecule has 0 amide bonds. The summed E-state index contributed by atoms with van der Waals surface area (Å²) < 4.78 is 28.3. The zero-order valence-electron chi connectivity index (χ0n) is 9.84. The highest BCUT2D eigenvalue weighted by atomic mass is 79.9. The monoisotopic (exact) mass is 389 g/mol. The number of halogens is 4. The third-order valence-electron chi connectivity index (χ3n) is 2.75. The van der Waals surface area contributed by atoms with Gasteiger partial charge in [0.1, 0.15) is 11.6 Å². The Kier molecular flexibility index (Phi) is 4.71. The average molecular weight is 391 g/mol. The second kappa shape index (κ2) is 6.11. The molecule has 0 fully saturated rings. The topological polar surface area (TPSA) is 26.0 Å². The lowest BCUT2D eigenvalue weighted by Crippen LogP contribution is -2.16. The molecule has 2 aromatic rings. The Morgan fingerprint density at radius 3 is 2.47 bits per heavy atom. The molecule has 0 aromatic heterocycles. The molecule has 100 valence electrons. The normalized spacial score (nSPS) is 12.5. The summed E-state index contributed by atoms with van der Waals surface area (Å²) in [6.07, 6.45) is 0.357. The van der Waals surface area contributed by atoms with E-state index in [0.717, 1.165) is 5.56 Å². The van der Waals surface area contributed by atoms with Crippen molar-refractivity contribution in [3.8, 4) is 0 Å². The van der Waals surface area contributed by atoms with Gasteiger partial charge in [0.2, 0.25) is 0 Å². The van der Waals surface area contributed by atoms with Crippen molar-refractivity contribution >= 4 is 31.9 Å². The summed E-state index contributed by atoms with van der Waals surface area (Å²) in [7, 11) is 0. The molecular weight excluding hydrogens is 380 g/mol. The quantitative estimate of drug-likeness (QED) is 0.805. The Labute approximate surface area is 127 Å². The van der Waals surface area contributed by atoms with E-state index in [1.807, 2.05) is 0 Å². The van der Waals surface area contributed by atoms with Crippen molar-refractivity contribution in [3.05, 3.63) is 68.1 Å². The van der Waals surface area contributed by atoms with Gasteiger partial charge in [-0.05, 0) is 42.3 Å². The molecule has 0 radical (unpaired) electrons. The van der Waals surface area contributed by atoms with Crippen LogP contribution < -0.4 is 5.73 Å². The van der Waals surface area contributed by atoms with Crippen molar-refractivity contribution < 1.29 is 8.78 Å². The lowest BCUT2D eigenvalue weighted by molar-refractivity contribution is 0.576. The minimum Gasteiger partial charge on any atom is -0.324 e. The zero-order valence-corrected chi connectivity index (χ0v) is 13.0. The van der Waals surface area contributed by atoms with Gasteiger partial charge in [0.15, 0.2) is 0 Å². The van der Waals surface area contributed by atoms with Crippen molar-refractivity contribution in [1.82, 2.24) is 0 Å². The number of rotatable bonds is 3. The Morgan fingerprint density at radius 1 is 1.11 bits per heavy atom. The van der Waals surface area contributed by atoms with Crippen LogP contribution in [-0.2, 0) is 6.42 Å². The first-order valence-corrected chi connectivity index (χ1v) is 7.20. The molecule has 0 saturated carbocycles. The third kappa shape index (κ3) is 3.61. The summed E-state index contributed by atoms with van der Waals surface area (Å²) >= 11 is 6.51.